The quantitative estimate of drug-likeness (QED) is 0.497. The third kappa shape index (κ3) is 7.54. The monoisotopic (exact) mass is 326 g/mol. The zero-order chi connectivity index (χ0) is 17.0. The summed E-state index contributed by atoms with van der Waals surface area (Å²) < 4.78 is 0. The summed E-state index contributed by atoms with van der Waals surface area (Å²) in [4.78, 5) is 0. The van der Waals surface area contributed by atoms with Crippen LogP contribution in [-0.4, -0.2) is 10.2 Å². The normalized spacial score (nSPS) is 10.8. The molecule has 2 rings (SSSR count). The maximum absolute atomic E-state index is 9.43. The zero-order valence-corrected chi connectivity index (χ0v) is 14.6. The largest absolute Gasteiger partial charge is 0.508 e. The lowest BCUT2D eigenvalue weighted by atomic mass is 10.0. The fourth-order valence-corrected chi connectivity index (χ4v) is 3.14. The van der Waals surface area contributed by atoms with Gasteiger partial charge in [-0.1, -0.05) is 62.8 Å². The van der Waals surface area contributed by atoms with E-state index in [9.17, 15) is 10.2 Å². The fourth-order valence-electron chi connectivity index (χ4n) is 3.14. The van der Waals surface area contributed by atoms with Gasteiger partial charge in [-0.3, -0.25) is 0 Å². The van der Waals surface area contributed by atoms with Gasteiger partial charge in [0.2, 0.25) is 0 Å². The van der Waals surface area contributed by atoms with Gasteiger partial charge in [0.15, 0.2) is 0 Å². The average molecular weight is 326 g/mol. The molecule has 0 saturated heterocycles. The van der Waals surface area contributed by atoms with Crippen molar-refractivity contribution in [3.8, 4) is 11.5 Å². The molecule has 0 bridgehead atoms. The number of phenols is 2. The van der Waals surface area contributed by atoms with Crippen LogP contribution in [0.1, 0.15) is 62.5 Å². The summed E-state index contributed by atoms with van der Waals surface area (Å²) in [7, 11) is 0. The van der Waals surface area contributed by atoms with E-state index in [2.05, 4.69) is 12.1 Å². The molecule has 2 nitrogen and oxygen atoms in total. The molecule has 0 amide bonds. The first-order chi connectivity index (χ1) is 11.7. The minimum Gasteiger partial charge on any atom is -0.508 e. The molecule has 130 valence electrons. The molecule has 2 aromatic rings. The first kappa shape index (κ1) is 18.4. The highest BCUT2D eigenvalue weighted by Crippen LogP contribution is 2.16. The van der Waals surface area contributed by atoms with E-state index >= 15 is 0 Å². The summed E-state index contributed by atoms with van der Waals surface area (Å²) in [5, 5.41) is 18.9. The van der Waals surface area contributed by atoms with Crippen LogP contribution in [0.3, 0.4) is 0 Å². The summed E-state index contributed by atoms with van der Waals surface area (Å²) in [5.41, 5.74) is 2.48. The number of hydrogen-bond donors (Lipinski definition) is 2. The van der Waals surface area contributed by atoms with E-state index in [-0.39, 0.29) is 0 Å². The Kier molecular flexibility index (Phi) is 8.23. The molecule has 24 heavy (non-hydrogen) atoms. The Morgan fingerprint density at radius 1 is 0.500 bits per heavy atom. The van der Waals surface area contributed by atoms with Gasteiger partial charge in [-0.25, -0.2) is 0 Å². The van der Waals surface area contributed by atoms with Crippen molar-refractivity contribution in [2.75, 3.05) is 0 Å². The van der Waals surface area contributed by atoms with E-state index < -0.39 is 0 Å². The molecule has 2 heteroatoms. The van der Waals surface area contributed by atoms with Crippen molar-refractivity contribution in [1.29, 1.82) is 0 Å². The minimum atomic E-state index is 0.373. The Morgan fingerprint density at radius 3 is 1.25 bits per heavy atom. The molecule has 2 aromatic carbocycles. The van der Waals surface area contributed by atoms with E-state index in [0.29, 0.717) is 11.5 Å². The first-order valence-electron chi connectivity index (χ1n) is 9.30. The van der Waals surface area contributed by atoms with Crippen LogP contribution in [0.5, 0.6) is 11.5 Å². The number of unbranched alkanes of at least 4 members (excludes halogenated alkanes) is 7. The molecular formula is C22H30O2. The van der Waals surface area contributed by atoms with Crippen molar-refractivity contribution in [3.63, 3.8) is 0 Å². The van der Waals surface area contributed by atoms with Crippen LogP contribution >= 0.6 is 0 Å². The van der Waals surface area contributed by atoms with Gasteiger partial charge in [-0.05, 0) is 61.1 Å². The molecule has 2 N–H and O–H groups in total. The lowest BCUT2D eigenvalue weighted by Gasteiger charge is -2.04. The van der Waals surface area contributed by atoms with Crippen molar-refractivity contribution in [3.05, 3.63) is 59.7 Å². The van der Waals surface area contributed by atoms with E-state index in [4.69, 9.17) is 0 Å². The van der Waals surface area contributed by atoms with E-state index in [1.807, 2.05) is 24.3 Å². The van der Waals surface area contributed by atoms with Crippen molar-refractivity contribution < 1.29 is 10.2 Å². The summed E-state index contributed by atoms with van der Waals surface area (Å²) in [6.45, 7) is 0. The number of phenolic OH excluding ortho intramolecular Hbond substituents is 2. The molecule has 0 heterocycles. The van der Waals surface area contributed by atoms with Gasteiger partial charge >= 0.3 is 0 Å². The third-order valence-electron chi connectivity index (χ3n) is 4.50. The van der Waals surface area contributed by atoms with E-state index in [0.717, 1.165) is 12.8 Å². The molecule has 0 atom stereocenters. The molecule has 0 aromatic heterocycles. The fraction of sp³-hybridized carbons (Fsp3) is 0.455. The second-order valence-electron chi connectivity index (χ2n) is 6.67. The van der Waals surface area contributed by atoms with E-state index in [1.54, 1.807) is 12.1 Å². The van der Waals surface area contributed by atoms with Crippen molar-refractivity contribution in [1.82, 2.24) is 0 Å². The van der Waals surface area contributed by atoms with E-state index in [1.165, 1.54) is 62.5 Å². The van der Waals surface area contributed by atoms with Gasteiger partial charge in [0.25, 0.3) is 0 Å². The standard InChI is InChI=1S/C22H30O2/c23-21-15-9-13-19(17-21)11-7-5-3-1-2-4-6-8-12-20-14-10-16-22(24)18-20/h9-10,13-18,23-24H,1-8,11-12H2. The number of benzene rings is 2. The van der Waals surface area contributed by atoms with Crippen molar-refractivity contribution in [2.24, 2.45) is 0 Å². The summed E-state index contributed by atoms with van der Waals surface area (Å²) in [5.74, 6) is 0.747. The van der Waals surface area contributed by atoms with Crippen LogP contribution in [0.4, 0.5) is 0 Å². The Bertz CT molecular complexity index is 539. The first-order valence-corrected chi connectivity index (χ1v) is 9.30. The molecule has 0 aliphatic carbocycles. The van der Waals surface area contributed by atoms with Crippen LogP contribution in [0.25, 0.3) is 0 Å². The Labute approximate surface area is 146 Å². The van der Waals surface area contributed by atoms with Crippen LogP contribution < -0.4 is 0 Å². The molecule has 0 aliphatic rings. The number of aromatic hydroxyl groups is 2. The second kappa shape index (κ2) is 10.7. The molecule has 0 spiro atoms. The Morgan fingerprint density at radius 2 is 0.875 bits per heavy atom. The lowest BCUT2D eigenvalue weighted by Crippen LogP contribution is -1.87. The molecule has 0 aliphatic heterocycles. The Balaban J connectivity index is 1.42. The van der Waals surface area contributed by atoms with Gasteiger partial charge in [0.1, 0.15) is 11.5 Å². The van der Waals surface area contributed by atoms with Gasteiger partial charge in [-0.2, -0.15) is 0 Å². The highest BCUT2D eigenvalue weighted by Gasteiger charge is 1.97. The Hall–Kier alpha value is -1.96. The van der Waals surface area contributed by atoms with Crippen LogP contribution in [0.15, 0.2) is 48.5 Å². The second-order valence-corrected chi connectivity index (χ2v) is 6.67. The summed E-state index contributed by atoms with van der Waals surface area (Å²) in [6.07, 6.45) is 12.4. The predicted molar refractivity (Wildman–Crippen MR) is 101 cm³/mol. The average Bonchev–Trinajstić information content (AvgIpc) is 2.57. The molecule has 0 saturated carbocycles. The number of rotatable bonds is 11. The van der Waals surface area contributed by atoms with Crippen molar-refractivity contribution in [2.45, 2.75) is 64.2 Å². The van der Waals surface area contributed by atoms with Gasteiger partial charge < -0.3 is 10.2 Å². The number of hydrogen-bond acceptors (Lipinski definition) is 2. The molecule has 0 fully saturated rings. The van der Waals surface area contributed by atoms with Crippen molar-refractivity contribution >= 4 is 0 Å². The lowest BCUT2D eigenvalue weighted by molar-refractivity contribution is 0.473. The van der Waals surface area contributed by atoms with Gasteiger partial charge in [-0.15, -0.1) is 0 Å². The smallest absolute Gasteiger partial charge is 0.115 e. The van der Waals surface area contributed by atoms with Crippen LogP contribution in [0, 0.1) is 0 Å². The van der Waals surface area contributed by atoms with Gasteiger partial charge in [0, 0.05) is 0 Å². The predicted octanol–water partition coefficient (Wildman–Crippen LogP) is 6.00. The SMILES string of the molecule is Oc1cccc(CCCCCCCCCCc2cccc(O)c2)c1. The maximum Gasteiger partial charge on any atom is 0.115 e. The highest BCUT2D eigenvalue weighted by molar-refractivity contribution is 5.27. The molecule has 0 radical (unpaired) electrons. The summed E-state index contributed by atoms with van der Waals surface area (Å²) in [6, 6.07) is 15.2. The molecule has 0 unspecified atom stereocenters. The zero-order valence-electron chi connectivity index (χ0n) is 14.6. The summed E-state index contributed by atoms with van der Waals surface area (Å²) >= 11 is 0. The van der Waals surface area contributed by atoms with Crippen LogP contribution in [0.2, 0.25) is 0 Å². The maximum atomic E-state index is 9.43. The topological polar surface area (TPSA) is 40.5 Å². The third-order valence-corrected chi connectivity index (χ3v) is 4.50. The highest BCUT2D eigenvalue weighted by atomic mass is 16.3. The van der Waals surface area contributed by atoms with Gasteiger partial charge in [0.05, 0.1) is 0 Å². The molecular weight excluding hydrogens is 296 g/mol. The number of aryl methyl sites for hydroxylation is 2. The van der Waals surface area contributed by atoms with Crippen LogP contribution in [-0.2, 0) is 12.8 Å². The minimum absolute atomic E-state index is 0.373.